The number of benzene rings is 3. The molecule has 0 aromatic heterocycles. The Morgan fingerprint density at radius 2 is 1.68 bits per heavy atom. The van der Waals surface area contributed by atoms with Crippen molar-refractivity contribution in [3.05, 3.63) is 89.7 Å². The van der Waals surface area contributed by atoms with Crippen LogP contribution in [-0.2, 0) is 11.4 Å². The summed E-state index contributed by atoms with van der Waals surface area (Å²) < 4.78 is 18.9. The summed E-state index contributed by atoms with van der Waals surface area (Å²) in [5.74, 6) is -0.540. The van der Waals surface area contributed by atoms with Crippen molar-refractivity contribution in [2.24, 2.45) is 0 Å². The second-order valence-electron chi connectivity index (χ2n) is 6.82. The Bertz CT molecular complexity index is 1060. The van der Waals surface area contributed by atoms with E-state index in [2.05, 4.69) is 5.32 Å². The largest absolute Gasteiger partial charge is 0.488 e. The number of halogens is 1. The van der Waals surface area contributed by atoms with Crippen molar-refractivity contribution in [1.29, 1.82) is 0 Å². The van der Waals surface area contributed by atoms with Gasteiger partial charge in [0.2, 0.25) is 5.91 Å². The van der Waals surface area contributed by atoms with Gasteiger partial charge in [0.1, 0.15) is 18.2 Å². The summed E-state index contributed by atoms with van der Waals surface area (Å²) in [6.45, 7) is 0.0914. The molecule has 3 aromatic carbocycles. The monoisotopic (exact) mass is 438 g/mol. The fourth-order valence-corrected chi connectivity index (χ4v) is 3.50. The van der Waals surface area contributed by atoms with Gasteiger partial charge in [0, 0.05) is 11.9 Å². The molecule has 7 heteroatoms. The maximum atomic E-state index is 13.1. The maximum Gasteiger partial charge on any atom is 0.257 e. The van der Waals surface area contributed by atoms with Gasteiger partial charge in [-0.3, -0.25) is 9.59 Å². The van der Waals surface area contributed by atoms with Crippen LogP contribution in [0.25, 0.3) is 0 Å². The number of rotatable bonds is 8. The van der Waals surface area contributed by atoms with E-state index in [-0.39, 0.29) is 30.8 Å². The molecule has 160 valence electrons. The van der Waals surface area contributed by atoms with E-state index in [1.54, 1.807) is 43.4 Å². The zero-order valence-corrected chi connectivity index (χ0v) is 18.1. The van der Waals surface area contributed by atoms with E-state index in [1.807, 2.05) is 30.5 Å². The van der Waals surface area contributed by atoms with E-state index in [4.69, 9.17) is 4.74 Å². The number of anilines is 1. The molecule has 0 atom stereocenters. The van der Waals surface area contributed by atoms with Crippen molar-refractivity contribution >= 4 is 29.3 Å². The van der Waals surface area contributed by atoms with Gasteiger partial charge >= 0.3 is 0 Å². The van der Waals surface area contributed by atoms with Crippen LogP contribution in [0.1, 0.15) is 15.9 Å². The first-order valence-corrected chi connectivity index (χ1v) is 10.8. The number of thioether (sulfide) groups is 1. The molecule has 0 fully saturated rings. The van der Waals surface area contributed by atoms with Crippen LogP contribution in [0.3, 0.4) is 0 Å². The third-order valence-corrected chi connectivity index (χ3v) is 5.33. The Morgan fingerprint density at radius 1 is 1.00 bits per heavy atom. The molecule has 3 rings (SSSR count). The lowest BCUT2D eigenvalue weighted by Crippen LogP contribution is -2.35. The van der Waals surface area contributed by atoms with E-state index in [9.17, 15) is 14.0 Å². The van der Waals surface area contributed by atoms with E-state index < -0.39 is 0 Å². The molecular weight excluding hydrogens is 415 g/mol. The van der Waals surface area contributed by atoms with Gasteiger partial charge in [-0.1, -0.05) is 36.4 Å². The number of ether oxygens (including phenoxy) is 1. The average molecular weight is 439 g/mol. The molecule has 0 spiro atoms. The van der Waals surface area contributed by atoms with Crippen molar-refractivity contribution in [1.82, 2.24) is 4.90 Å². The van der Waals surface area contributed by atoms with Crippen LogP contribution in [0, 0.1) is 5.82 Å². The first-order chi connectivity index (χ1) is 15.0. The maximum absolute atomic E-state index is 13.1. The van der Waals surface area contributed by atoms with Crippen molar-refractivity contribution in [3.63, 3.8) is 0 Å². The number of hydrogen-bond acceptors (Lipinski definition) is 4. The van der Waals surface area contributed by atoms with Crippen LogP contribution < -0.4 is 10.1 Å². The van der Waals surface area contributed by atoms with Gasteiger partial charge < -0.3 is 15.0 Å². The standard InChI is InChI=1S/C24H23FN2O3S/c1-27(15-23(28)26-20-8-4-6-10-22(20)31-2)24(29)19-7-3-5-9-21(19)30-16-17-11-13-18(25)14-12-17/h3-14H,15-16H2,1-2H3,(H,26,28). The number of nitrogens with zero attached hydrogens (tertiary/aromatic N) is 1. The number of hydrogen-bond donors (Lipinski definition) is 1. The summed E-state index contributed by atoms with van der Waals surface area (Å²) in [5, 5.41) is 2.85. The van der Waals surface area contributed by atoms with Gasteiger partial charge in [-0.2, -0.15) is 0 Å². The topological polar surface area (TPSA) is 58.6 Å². The summed E-state index contributed by atoms with van der Waals surface area (Å²) in [6, 6.07) is 20.3. The fourth-order valence-electron chi connectivity index (χ4n) is 2.94. The van der Waals surface area contributed by atoms with Crippen LogP contribution in [0.4, 0.5) is 10.1 Å². The third kappa shape index (κ3) is 6.08. The molecule has 0 radical (unpaired) electrons. The molecule has 2 amide bonds. The summed E-state index contributed by atoms with van der Waals surface area (Å²) in [6.07, 6.45) is 1.93. The van der Waals surface area contributed by atoms with E-state index >= 15 is 0 Å². The number of nitrogens with one attached hydrogen (secondary N) is 1. The Balaban J connectivity index is 1.65. The van der Waals surface area contributed by atoms with Crippen molar-refractivity contribution in [2.45, 2.75) is 11.5 Å². The molecule has 3 aromatic rings. The smallest absolute Gasteiger partial charge is 0.257 e. The second kappa shape index (κ2) is 10.6. The molecule has 0 aliphatic heterocycles. The van der Waals surface area contributed by atoms with E-state index in [0.29, 0.717) is 17.0 Å². The fraction of sp³-hybridized carbons (Fsp3) is 0.167. The Kier molecular flexibility index (Phi) is 7.67. The number of amides is 2. The minimum atomic E-state index is -0.331. The first kappa shape index (κ1) is 22.4. The zero-order valence-electron chi connectivity index (χ0n) is 17.3. The predicted octanol–water partition coefficient (Wildman–Crippen LogP) is 4.84. The number of carbonyl (C=O) groups is 2. The highest BCUT2D eigenvalue weighted by Crippen LogP contribution is 2.25. The Labute approximate surface area is 185 Å². The predicted molar refractivity (Wildman–Crippen MR) is 121 cm³/mol. The van der Waals surface area contributed by atoms with Gasteiger partial charge in [0.05, 0.1) is 17.8 Å². The van der Waals surface area contributed by atoms with Crippen molar-refractivity contribution in [3.8, 4) is 5.75 Å². The number of carbonyl (C=O) groups excluding carboxylic acids is 2. The highest BCUT2D eigenvalue weighted by atomic mass is 32.2. The van der Waals surface area contributed by atoms with Gasteiger partial charge in [-0.25, -0.2) is 4.39 Å². The molecule has 0 saturated heterocycles. The van der Waals surface area contributed by atoms with Crippen molar-refractivity contribution in [2.75, 3.05) is 25.2 Å². The number of para-hydroxylation sites is 2. The van der Waals surface area contributed by atoms with Gasteiger partial charge in [-0.05, 0) is 48.2 Å². The SMILES string of the molecule is CSc1ccccc1NC(=O)CN(C)C(=O)c1ccccc1OCc1ccc(F)cc1. The van der Waals surface area contributed by atoms with Crippen molar-refractivity contribution < 1.29 is 18.7 Å². The molecule has 1 N–H and O–H groups in total. The van der Waals surface area contributed by atoms with Crippen LogP contribution in [0.2, 0.25) is 0 Å². The normalized spacial score (nSPS) is 10.4. The summed E-state index contributed by atoms with van der Waals surface area (Å²) in [4.78, 5) is 27.7. The molecule has 0 saturated carbocycles. The summed E-state index contributed by atoms with van der Waals surface area (Å²) in [7, 11) is 1.57. The molecule has 0 bridgehead atoms. The van der Waals surface area contributed by atoms with Crippen LogP contribution >= 0.6 is 11.8 Å². The Hall–Kier alpha value is -3.32. The quantitative estimate of drug-likeness (QED) is 0.512. The van der Waals surface area contributed by atoms with Gasteiger partial charge in [0.15, 0.2) is 0 Å². The molecule has 0 aliphatic rings. The molecule has 0 unspecified atom stereocenters. The van der Waals surface area contributed by atoms with Crippen LogP contribution in [0.15, 0.2) is 77.7 Å². The van der Waals surface area contributed by atoms with E-state index in [0.717, 1.165) is 10.5 Å². The zero-order chi connectivity index (χ0) is 22.2. The molecular formula is C24H23FN2O3S. The highest BCUT2D eigenvalue weighted by Gasteiger charge is 2.19. The second-order valence-corrected chi connectivity index (χ2v) is 7.67. The molecule has 31 heavy (non-hydrogen) atoms. The molecule has 0 aliphatic carbocycles. The summed E-state index contributed by atoms with van der Waals surface area (Å²) in [5.41, 5.74) is 1.84. The summed E-state index contributed by atoms with van der Waals surface area (Å²) >= 11 is 1.53. The molecule has 0 heterocycles. The van der Waals surface area contributed by atoms with E-state index in [1.165, 1.54) is 28.8 Å². The van der Waals surface area contributed by atoms with Gasteiger partial charge in [0.25, 0.3) is 5.91 Å². The number of likely N-dealkylation sites (N-methyl/N-ethyl adjacent to an activating group) is 1. The lowest BCUT2D eigenvalue weighted by atomic mass is 10.1. The third-order valence-electron chi connectivity index (χ3n) is 4.53. The molecule has 5 nitrogen and oxygen atoms in total. The first-order valence-electron chi connectivity index (χ1n) is 9.62. The van der Waals surface area contributed by atoms with Crippen LogP contribution in [0.5, 0.6) is 5.75 Å². The Morgan fingerprint density at radius 3 is 2.42 bits per heavy atom. The van der Waals surface area contributed by atoms with Gasteiger partial charge in [-0.15, -0.1) is 11.8 Å². The minimum absolute atomic E-state index is 0.103. The average Bonchev–Trinajstić information content (AvgIpc) is 2.78. The van der Waals surface area contributed by atoms with Crippen LogP contribution in [-0.4, -0.2) is 36.6 Å². The lowest BCUT2D eigenvalue weighted by Gasteiger charge is -2.19. The highest BCUT2D eigenvalue weighted by molar-refractivity contribution is 7.98. The lowest BCUT2D eigenvalue weighted by molar-refractivity contribution is -0.116. The minimum Gasteiger partial charge on any atom is -0.488 e.